The molecule has 0 saturated heterocycles. The number of hydrogen-bond donors (Lipinski definition) is 0. The lowest BCUT2D eigenvalue weighted by molar-refractivity contribution is 0.101. The van der Waals surface area contributed by atoms with Crippen LogP contribution in [0.25, 0.3) is 10.8 Å². The number of hydrogen-bond acceptors (Lipinski definition) is 1. The van der Waals surface area contributed by atoms with E-state index in [0.717, 1.165) is 5.39 Å². The number of Topliss-reactive ketones (excluding diaryl/α,β-unsaturated/α-hetero) is 1. The molecule has 0 aliphatic rings. The van der Waals surface area contributed by atoms with E-state index in [1.54, 1.807) is 12.1 Å². The third kappa shape index (κ3) is 1.35. The van der Waals surface area contributed by atoms with Gasteiger partial charge >= 0.3 is 0 Å². The fraction of sp³-hybridized carbons (Fsp3) is 0.0833. The summed E-state index contributed by atoms with van der Waals surface area (Å²) in [5.74, 6) is -0.166. The first-order valence-electron chi connectivity index (χ1n) is 4.39. The van der Waals surface area contributed by atoms with Gasteiger partial charge in [0, 0.05) is 10.9 Å². The monoisotopic (exact) mass is 185 g/mol. The van der Waals surface area contributed by atoms with Crippen LogP contribution in [0.15, 0.2) is 36.4 Å². The molecule has 2 rings (SSSR count). The highest BCUT2D eigenvalue weighted by Gasteiger charge is 2.06. The van der Waals surface area contributed by atoms with Crippen molar-refractivity contribution in [1.29, 1.82) is 0 Å². The minimum absolute atomic E-state index is 0.0761. The minimum Gasteiger partial charge on any atom is -0.295 e. The Labute approximate surface area is 81.8 Å². The molecule has 0 spiro atoms. The average Bonchev–Trinajstić information content (AvgIpc) is 2.17. The largest absolute Gasteiger partial charge is 0.295 e. The average molecular weight is 185 g/mol. The van der Waals surface area contributed by atoms with Gasteiger partial charge in [0.1, 0.15) is 0 Å². The van der Waals surface area contributed by atoms with Crippen molar-refractivity contribution in [2.24, 2.45) is 0 Å². The SMILES string of the molecule is CC(=O)c1cc([O])c2ccccc2c1. The molecule has 2 nitrogen and oxygen atoms in total. The fourth-order valence-corrected chi connectivity index (χ4v) is 1.48. The smallest absolute Gasteiger partial charge is 0.187 e. The maximum Gasteiger partial charge on any atom is 0.187 e. The standard InChI is InChI=1S/C12H9O2/c1-8(13)10-6-9-4-2-3-5-11(9)12(14)7-10/h2-7H,1H3. The first-order chi connectivity index (χ1) is 6.68. The maximum absolute atomic E-state index is 11.6. The molecule has 0 saturated carbocycles. The number of ketones is 1. The zero-order valence-electron chi connectivity index (χ0n) is 7.78. The van der Waals surface area contributed by atoms with E-state index in [2.05, 4.69) is 0 Å². The molecule has 0 amide bonds. The molecular weight excluding hydrogens is 176 g/mol. The topological polar surface area (TPSA) is 37.0 Å². The zero-order valence-corrected chi connectivity index (χ0v) is 7.78. The number of benzene rings is 2. The van der Waals surface area contributed by atoms with Crippen molar-refractivity contribution in [2.45, 2.75) is 6.92 Å². The normalized spacial score (nSPS) is 10.4. The Morgan fingerprint density at radius 3 is 2.57 bits per heavy atom. The quantitative estimate of drug-likeness (QED) is 0.628. The molecule has 1 radical (unpaired) electrons. The Morgan fingerprint density at radius 2 is 1.86 bits per heavy atom. The highest BCUT2D eigenvalue weighted by atomic mass is 16.3. The molecule has 2 aromatic rings. The first-order valence-corrected chi connectivity index (χ1v) is 4.39. The zero-order chi connectivity index (χ0) is 10.1. The van der Waals surface area contributed by atoms with Gasteiger partial charge in [0.25, 0.3) is 0 Å². The van der Waals surface area contributed by atoms with E-state index in [0.29, 0.717) is 10.9 Å². The number of fused-ring (bicyclic) bond motifs is 1. The summed E-state index contributed by atoms with van der Waals surface area (Å²) in [7, 11) is 0. The lowest BCUT2D eigenvalue weighted by atomic mass is 10.0. The second-order valence-corrected chi connectivity index (χ2v) is 3.25. The minimum atomic E-state index is -0.0895. The van der Waals surface area contributed by atoms with E-state index in [4.69, 9.17) is 0 Å². The van der Waals surface area contributed by atoms with Crippen molar-refractivity contribution >= 4 is 16.6 Å². The number of rotatable bonds is 1. The summed E-state index contributed by atoms with van der Waals surface area (Å²) in [6.07, 6.45) is 0. The summed E-state index contributed by atoms with van der Waals surface area (Å²) < 4.78 is 0. The van der Waals surface area contributed by atoms with Gasteiger partial charge in [0.15, 0.2) is 11.5 Å². The van der Waals surface area contributed by atoms with Gasteiger partial charge in [-0.05, 0) is 24.4 Å². The first kappa shape index (κ1) is 8.75. The van der Waals surface area contributed by atoms with Gasteiger partial charge in [0.05, 0.1) is 0 Å². The van der Waals surface area contributed by atoms with Crippen LogP contribution in [-0.4, -0.2) is 5.78 Å². The van der Waals surface area contributed by atoms with Crippen LogP contribution in [0, 0.1) is 0 Å². The third-order valence-corrected chi connectivity index (χ3v) is 2.23. The molecule has 2 heteroatoms. The van der Waals surface area contributed by atoms with Crippen LogP contribution in [0.4, 0.5) is 0 Å². The van der Waals surface area contributed by atoms with Crippen molar-refractivity contribution in [3.63, 3.8) is 0 Å². The van der Waals surface area contributed by atoms with E-state index in [1.807, 2.05) is 18.2 Å². The Morgan fingerprint density at radius 1 is 1.14 bits per heavy atom. The predicted octanol–water partition coefficient (Wildman–Crippen LogP) is 3.19. The summed E-state index contributed by atoms with van der Waals surface area (Å²) in [4.78, 5) is 11.1. The molecule has 14 heavy (non-hydrogen) atoms. The summed E-state index contributed by atoms with van der Waals surface area (Å²) in [6.45, 7) is 1.46. The molecule has 69 valence electrons. The van der Waals surface area contributed by atoms with Gasteiger partial charge in [-0.1, -0.05) is 24.3 Å². The molecule has 0 heterocycles. The molecule has 2 aromatic carbocycles. The molecule has 0 bridgehead atoms. The van der Waals surface area contributed by atoms with Crippen LogP contribution in [0.1, 0.15) is 17.3 Å². The second-order valence-electron chi connectivity index (χ2n) is 3.25. The Balaban J connectivity index is 2.78. The molecule has 0 atom stereocenters. The molecule has 0 aromatic heterocycles. The Hall–Kier alpha value is -1.83. The van der Waals surface area contributed by atoms with Crippen LogP contribution in [0.3, 0.4) is 0 Å². The van der Waals surface area contributed by atoms with Gasteiger partial charge < -0.3 is 0 Å². The highest BCUT2D eigenvalue weighted by molar-refractivity contribution is 6.00. The Kier molecular flexibility index (Phi) is 1.97. The van der Waals surface area contributed by atoms with Crippen LogP contribution in [-0.2, 0) is 5.11 Å². The summed E-state index contributed by atoms with van der Waals surface area (Å²) in [6, 6.07) is 10.4. The van der Waals surface area contributed by atoms with E-state index < -0.39 is 0 Å². The van der Waals surface area contributed by atoms with Crippen molar-refractivity contribution in [2.75, 3.05) is 0 Å². The van der Waals surface area contributed by atoms with Crippen LogP contribution in [0.2, 0.25) is 0 Å². The molecule has 0 unspecified atom stereocenters. The number of carbonyl (C=O) groups excluding carboxylic acids is 1. The predicted molar refractivity (Wildman–Crippen MR) is 54.1 cm³/mol. The lowest BCUT2D eigenvalue weighted by Gasteiger charge is -2.01. The van der Waals surface area contributed by atoms with Crippen LogP contribution < -0.4 is 0 Å². The van der Waals surface area contributed by atoms with Crippen molar-refractivity contribution in [3.05, 3.63) is 42.0 Å². The van der Waals surface area contributed by atoms with Crippen molar-refractivity contribution < 1.29 is 9.90 Å². The second kappa shape index (κ2) is 3.14. The third-order valence-electron chi connectivity index (χ3n) is 2.23. The van der Waals surface area contributed by atoms with Gasteiger partial charge in [0.2, 0.25) is 0 Å². The van der Waals surface area contributed by atoms with Gasteiger partial charge in [-0.15, -0.1) is 0 Å². The fourth-order valence-electron chi connectivity index (χ4n) is 1.48. The van der Waals surface area contributed by atoms with Crippen LogP contribution in [0.5, 0.6) is 5.75 Å². The van der Waals surface area contributed by atoms with Crippen LogP contribution >= 0.6 is 0 Å². The van der Waals surface area contributed by atoms with Gasteiger partial charge in [-0.3, -0.25) is 9.90 Å². The maximum atomic E-state index is 11.6. The lowest BCUT2D eigenvalue weighted by Crippen LogP contribution is -1.91. The van der Waals surface area contributed by atoms with Crippen molar-refractivity contribution in [1.82, 2.24) is 0 Å². The molecule has 0 aliphatic heterocycles. The van der Waals surface area contributed by atoms with Gasteiger partial charge in [-0.2, -0.15) is 0 Å². The molecular formula is C12H9O2. The molecule has 0 aliphatic carbocycles. The van der Waals surface area contributed by atoms with E-state index in [1.165, 1.54) is 13.0 Å². The van der Waals surface area contributed by atoms with E-state index >= 15 is 0 Å². The van der Waals surface area contributed by atoms with E-state index in [-0.39, 0.29) is 11.5 Å². The highest BCUT2D eigenvalue weighted by Crippen LogP contribution is 2.26. The Bertz CT molecular complexity index is 501. The summed E-state index contributed by atoms with van der Waals surface area (Å²) >= 11 is 0. The van der Waals surface area contributed by atoms with Gasteiger partial charge in [-0.25, -0.2) is 0 Å². The summed E-state index contributed by atoms with van der Waals surface area (Å²) in [5.41, 5.74) is 0.480. The summed E-state index contributed by atoms with van der Waals surface area (Å²) in [5, 5.41) is 13.0. The number of carbonyl (C=O) groups is 1. The molecule has 0 fully saturated rings. The van der Waals surface area contributed by atoms with Crippen molar-refractivity contribution in [3.8, 4) is 5.75 Å². The molecule has 0 N–H and O–H groups in total. The van der Waals surface area contributed by atoms with E-state index in [9.17, 15) is 9.90 Å².